The van der Waals surface area contributed by atoms with Crippen LogP contribution < -0.4 is 16.6 Å². The van der Waals surface area contributed by atoms with Crippen LogP contribution in [0.15, 0.2) is 12.1 Å². The molecule has 1 amide bonds. The van der Waals surface area contributed by atoms with Crippen molar-refractivity contribution in [3.05, 3.63) is 23.4 Å². The first kappa shape index (κ1) is 16.1. The van der Waals surface area contributed by atoms with Crippen LogP contribution >= 0.6 is 11.8 Å². The summed E-state index contributed by atoms with van der Waals surface area (Å²) in [5.41, 5.74) is 3.95. The Morgan fingerprint density at radius 3 is 2.86 bits per heavy atom. The number of hydrazine groups is 1. The normalized spacial score (nSPS) is 15.7. The third kappa shape index (κ3) is 4.87. The molecular formula is C14H23N5OS. The highest BCUT2D eigenvalue weighted by molar-refractivity contribution is 7.99. The summed E-state index contributed by atoms with van der Waals surface area (Å²) in [6.07, 6.45) is 0.765. The lowest BCUT2D eigenvalue weighted by Gasteiger charge is -2.26. The molecule has 2 rings (SSSR count). The first-order valence-corrected chi connectivity index (χ1v) is 8.44. The molecule has 0 aliphatic carbocycles. The molecule has 0 bridgehead atoms. The number of nitrogen functional groups attached to an aromatic ring is 1. The predicted molar refractivity (Wildman–Crippen MR) is 87.5 cm³/mol. The minimum atomic E-state index is -0.0741. The Morgan fingerprint density at radius 2 is 2.19 bits per heavy atom. The first-order chi connectivity index (χ1) is 10.2. The molecule has 0 saturated carbocycles. The van der Waals surface area contributed by atoms with Crippen LogP contribution in [0.4, 0.5) is 5.82 Å². The Labute approximate surface area is 129 Å². The SMILES string of the molecule is CCc1cc(C(=O)NCCN2CCSCC2)cc(NN)n1. The summed E-state index contributed by atoms with van der Waals surface area (Å²) in [5, 5.41) is 2.97. The molecule has 7 heteroatoms. The minimum Gasteiger partial charge on any atom is -0.351 e. The van der Waals surface area contributed by atoms with Gasteiger partial charge in [-0.05, 0) is 18.6 Å². The van der Waals surface area contributed by atoms with Gasteiger partial charge in [-0.3, -0.25) is 9.69 Å². The number of carbonyl (C=O) groups excluding carboxylic acids is 1. The zero-order valence-corrected chi connectivity index (χ0v) is 13.2. The maximum Gasteiger partial charge on any atom is 0.251 e. The number of aromatic nitrogens is 1. The Morgan fingerprint density at radius 1 is 1.43 bits per heavy atom. The number of hydrogen-bond acceptors (Lipinski definition) is 6. The van der Waals surface area contributed by atoms with E-state index < -0.39 is 0 Å². The van der Waals surface area contributed by atoms with Crippen molar-refractivity contribution in [1.29, 1.82) is 0 Å². The zero-order valence-electron chi connectivity index (χ0n) is 12.4. The number of hydrogen-bond donors (Lipinski definition) is 3. The summed E-state index contributed by atoms with van der Waals surface area (Å²) < 4.78 is 0. The van der Waals surface area contributed by atoms with E-state index in [0.29, 0.717) is 17.9 Å². The zero-order chi connectivity index (χ0) is 15.1. The van der Waals surface area contributed by atoms with E-state index in [0.717, 1.165) is 31.7 Å². The van der Waals surface area contributed by atoms with Gasteiger partial charge in [-0.1, -0.05) is 6.92 Å². The molecular weight excluding hydrogens is 286 g/mol. The van der Waals surface area contributed by atoms with Crippen molar-refractivity contribution in [1.82, 2.24) is 15.2 Å². The van der Waals surface area contributed by atoms with Gasteiger partial charge in [-0.25, -0.2) is 10.8 Å². The van der Waals surface area contributed by atoms with Crippen LogP contribution in [0.5, 0.6) is 0 Å². The molecule has 0 atom stereocenters. The third-order valence-electron chi connectivity index (χ3n) is 3.47. The Balaban J connectivity index is 1.87. The van der Waals surface area contributed by atoms with Gasteiger partial charge >= 0.3 is 0 Å². The molecule has 1 aliphatic heterocycles. The average Bonchev–Trinajstić information content (AvgIpc) is 2.55. The number of thioether (sulfide) groups is 1. The van der Waals surface area contributed by atoms with E-state index in [4.69, 9.17) is 5.84 Å². The third-order valence-corrected chi connectivity index (χ3v) is 4.41. The molecule has 2 heterocycles. The summed E-state index contributed by atoms with van der Waals surface area (Å²) in [4.78, 5) is 18.9. The molecule has 1 aromatic heterocycles. The molecule has 0 spiro atoms. The molecule has 0 unspecified atom stereocenters. The van der Waals surface area contributed by atoms with Crippen molar-refractivity contribution < 1.29 is 4.79 Å². The predicted octanol–water partition coefficient (Wildman–Crippen LogP) is 0.708. The fourth-order valence-electron chi connectivity index (χ4n) is 2.23. The van der Waals surface area contributed by atoms with Crippen LogP contribution in [-0.2, 0) is 6.42 Å². The van der Waals surface area contributed by atoms with Crippen LogP contribution in [0.1, 0.15) is 23.0 Å². The number of nitrogens with two attached hydrogens (primary N) is 1. The molecule has 21 heavy (non-hydrogen) atoms. The van der Waals surface area contributed by atoms with Gasteiger partial charge in [0.15, 0.2) is 0 Å². The number of aryl methyl sites for hydroxylation is 1. The maximum atomic E-state index is 12.2. The number of amides is 1. The van der Waals surface area contributed by atoms with E-state index in [1.807, 2.05) is 24.8 Å². The maximum absolute atomic E-state index is 12.2. The summed E-state index contributed by atoms with van der Waals surface area (Å²) >= 11 is 1.99. The Hall–Kier alpha value is -1.31. The van der Waals surface area contributed by atoms with E-state index in [1.165, 1.54) is 11.5 Å². The van der Waals surface area contributed by atoms with E-state index in [2.05, 4.69) is 20.6 Å². The van der Waals surface area contributed by atoms with E-state index in [9.17, 15) is 4.79 Å². The van der Waals surface area contributed by atoms with Gasteiger partial charge in [-0.2, -0.15) is 11.8 Å². The number of anilines is 1. The molecule has 4 N–H and O–H groups in total. The van der Waals surface area contributed by atoms with Crippen molar-refractivity contribution in [2.24, 2.45) is 5.84 Å². The van der Waals surface area contributed by atoms with Crippen molar-refractivity contribution in [3.8, 4) is 0 Å². The second-order valence-corrected chi connectivity index (χ2v) is 6.16. The van der Waals surface area contributed by atoms with E-state index >= 15 is 0 Å². The minimum absolute atomic E-state index is 0.0741. The van der Waals surface area contributed by atoms with Crippen LogP contribution in [0, 0.1) is 0 Å². The van der Waals surface area contributed by atoms with Gasteiger partial charge in [0, 0.05) is 48.9 Å². The summed E-state index contributed by atoms with van der Waals surface area (Å²) in [7, 11) is 0. The van der Waals surface area contributed by atoms with Gasteiger partial charge in [0.05, 0.1) is 0 Å². The van der Waals surface area contributed by atoms with Crippen LogP contribution in [0.25, 0.3) is 0 Å². The molecule has 1 aliphatic rings. The highest BCUT2D eigenvalue weighted by Crippen LogP contribution is 2.11. The molecule has 1 aromatic rings. The molecule has 0 aromatic carbocycles. The molecule has 1 fully saturated rings. The second kappa shape index (κ2) is 8.21. The topological polar surface area (TPSA) is 83.3 Å². The molecule has 116 valence electrons. The van der Waals surface area contributed by atoms with Crippen molar-refractivity contribution in [2.45, 2.75) is 13.3 Å². The average molecular weight is 309 g/mol. The number of pyridine rings is 1. The lowest BCUT2D eigenvalue weighted by atomic mass is 10.2. The van der Waals surface area contributed by atoms with E-state index in [-0.39, 0.29) is 5.91 Å². The Kier molecular flexibility index (Phi) is 6.28. The lowest BCUT2D eigenvalue weighted by Crippen LogP contribution is -2.39. The number of rotatable bonds is 6. The molecule has 6 nitrogen and oxygen atoms in total. The van der Waals surface area contributed by atoms with Gasteiger partial charge < -0.3 is 10.7 Å². The first-order valence-electron chi connectivity index (χ1n) is 7.28. The van der Waals surface area contributed by atoms with E-state index in [1.54, 1.807) is 6.07 Å². The number of carbonyl (C=O) groups is 1. The highest BCUT2D eigenvalue weighted by atomic mass is 32.2. The van der Waals surface area contributed by atoms with Gasteiger partial charge in [0.2, 0.25) is 0 Å². The van der Waals surface area contributed by atoms with Gasteiger partial charge in [-0.15, -0.1) is 0 Å². The fraction of sp³-hybridized carbons (Fsp3) is 0.571. The standard InChI is InChI=1S/C14H23N5OS/c1-2-12-9-11(10-13(17-12)18-15)14(20)16-3-4-19-5-7-21-8-6-19/h9-10H,2-8,15H2,1H3,(H,16,20)(H,17,18). The molecule has 0 radical (unpaired) electrons. The van der Waals surface area contributed by atoms with Crippen LogP contribution in [0.2, 0.25) is 0 Å². The van der Waals surface area contributed by atoms with Crippen LogP contribution in [-0.4, -0.2) is 53.5 Å². The van der Waals surface area contributed by atoms with Crippen molar-refractivity contribution in [2.75, 3.05) is 43.1 Å². The molecule has 1 saturated heterocycles. The fourth-order valence-corrected chi connectivity index (χ4v) is 3.21. The van der Waals surface area contributed by atoms with Gasteiger partial charge in [0.1, 0.15) is 5.82 Å². The summed E-state index contributed by atoms with van der Waals surface area (Å²) in [6, 6.07) is 3.49. The largest absolute Gasteiger partial charge is 0.351 e. The van der Waals surface area contributed by atoms with Crippen LogP contribution in [0.3, 0.4) is 0 Å². The monoisotopic (exact) mass is 309 g/mol. The highest BCUT2D eigenvalue weighted by Gasteiger charge is 2.12. The smallest absolute Gasteiger partial charge is 0.251 e. The lowest BCUT2D eigenvalue weighted by molar-refractivity contribution is 0.0948. The second-order valence-electron chi connectivity index (χ2n) is 4.94. The Bertz CT molecular complexity index is 454. The van der Waals surface area contributed by atoms with Crippen molar-refractivity contribution >= 4 is 23.5 Å². The summed E-state index contributed by atoms with van der Waals surface area (Å²) in [5.74, 6) is 8.20. The van der Waals surface area contributed by atoms with Crippen molar-refractivity contribution in [3.63, 3.8) is 0 Å². The van der Waals surface area contributed by atoms with Gasteiger partial charge in [0.25, 0.3) is 5.91 Å². The summed E-state index contributed by atoms with van der Waals surface area (Å²) in [6.45, 7) is 5.78. The number of nitrogens with one attached hydrogen (secondary N) is 2. The number of nitrogens with zero attached hydrogens (tertiary/aromatic N) is 2. The quantitative estimate of drug-likeness (QED) is 0.530.